The molecule has 1 aromatic rings. The zero-order valence-corrected chi connectivity index (χ0v) is 23.3. The van der Waals surface area contributed by atoms with Crippen molar-refractivity contribution in [2.24, 2.45) is 17.8 Å². The van der Waals surface area contributed by atoms with Crippen LogP contribution in [0.2, 0.25) is 0 Å². The van der Waals surface area contributed by atoms with Gasteiger partial charge in [0, 0.05) is 18.1 Å². The summed E-state index contributed by atoms with van der Waals surface area (Å²) < 4.78 is 5.88. The van der Waals surface area contributed by atoms with E-state index in [1.807, 2.05) is 6.08 Å². The largest absolute Gasteiger partial charge is 0.449 e. The second kappa shape index (κ2) is 11.5. The summed E-state index contributed by atoms with van der Waals surface area (Å²) in [4.78, 5) is 26.5. The van der Waals surface area contributed by atoms with Crippen molar-refractivity contribution in [3.63, 3.8) is 0 Å². The molecule has 3 heteroatoms. The Hall–Kier alpha value is -2.16. The number of rotatable bonds is 9. The summed E-state index contributed by atoms with van der Waals surface area (Å²) in [5, 5.41) is 0. The zero-order chi connectivity index (χ0) is 25.9. The van der Waals surface area contributed by atoms with Gasteiger partial charge in [0.1, 0.15) is 0 Å². The van der Waals surface area contributed by atoms with E-state index >= 15 is 0 Å². The Labute approximate surface area is 208 Å². The highest BCUT2D eigenvalue weighted by Crippen LogP contribution is 2.41. The lowest BCUT2D eigenvalue weighted by Gasteiger charge is -2.31. The molecule has 0 radical (unpaired) electrons. The average Bonchev–Trinajstić information content (AvgIpc) is 2.75. The zero-order valence-electron chi connectivity index (χ0n) is 23.3. The molecule has 2 rings (SSSR count). The Morgan fingerprint density at radius 3 is 1.74 bits per heavy atom. The van der Waals surface area contributed by atoms with E-state index in [9.17, 15) is 9.59 Å². The molecular formula is C31H46O3. The molecule has 1 aliphatic rings. The minimum Gasteiger partial charge on any atom is -0.449 e. The third-order valence-corrected chi connectivity index (χ3v) is 7.09. The lowest BCUT2D eigenvalue weighted by molar-refractivity contribution is -0.152. The van der Waals surface area contributed by atoms with Gasteiger partial charge in [-0.2, -0.15) is 0 Å². The van der Waals surface area contributed by atoms with E-state index < -0.39 is 12.1 Å². The normalized spacial score (nSPS) is 17.5. The van der Waals surface area contributed by atoms with Crippen LogP contribution in [-0.4, -0.2) is 11.8 Å². The molecule has 2 atom stereocenters. The predicted molar refractivity (Wildman–Crippen MR) is 142 cm³/mol. The summed E-state index contributed by atoms with van der Waals surface area (Å²) in [6.07, 6.45) is 4.11. The van der Waals surface area contributed by atoms with Crippen molar-refractivity contribution >= 4 is 11.8 Å². The van der Waals surface area contributed by atoms with Crippen molar-refractivity contribution in [3.05, 3.63) is 57.7 Å². The SMILES string of the molecule is CC(=O)OC(C(=O)C1=C(C(C)C)CC(C(C)C)C=C1)c1c(C(C)C)cc(C(C)C)cc1C(C)C. The third kappa shape index (κ3) is 6.29. The first-order valence-electron chi connectivity index (χ1n) is 13.1. The molecule has 3 nitrogen and oxygen atoms in total. The lowest BCUT2D eigenvalue weighted by atomic mass is 9.76. The molecule has 0 saturated heterocycles. The van der Waals surface area contributed by atoms with Crippen LogP contribution in [0.25, 0.3) is 0 Å². The Kier molecular flexibility index (Phi) is 9.51. The predicted octanol–water partition coefficient (Wildman–Crippen LogP) is 8.41. The highest BCUT2D eigenvalue weighted by molar-refractivity contribution is 6.04. The Morgan fingerprint density at radius 1 is 0.824 bits per heavy atom. The number of ketones is 1. The van der Waals surface area contributed by atoms with E-state index in [0.717, 1.165) is 28.7 Å². The number of allylic oxidation sites excluding steroid dienone is 3. The first-order valence-corrected chi connectivity index (χ1v) is 13.1. The fraction of sp³-hybridized carbons (Fsp3) is 0.613. The number of esters is 1. The topological polar surface area (TPSA) is 43.4 Å². The smallest absolute Gasteiger partial charge is 0.303 e. The van der Waals surface area contributed by atoms with Crippen molar-refractivity contribution < 1.29 is 14.3 Å². The fourth-order valence-corrected chi connectivity index (χ4v) is 4.87. The standard InChI is InChI=1S/C31H46O3/c1-17(2)23-12-13-25(26(14-23)19(5)6)30(33)31(34-22(11)32)29-27(20(7)8)15-24(18(3)4)16-28(29)21(9)10/h12-13,15-21,23,31H,14H2,1-11H3. The maximum absolute atomic E-state index is 14.2. The lowest BCUT2D eigenvalue weighted by Crippen LogP contribution is -2.26. The number of Topliss-reactive ketones (excluding diaryl/α,β-unsaturated/α-hetero) is 1. The van der Waals surface area contributed by atoms with Gasteiger partial charge in [0.25, 0.3) is 0 Å². The molecule has 0 aliphatic heterocycles. The van der Waals surface area contributed by atoms with Crippen LogP contribution in [0.1, 0.15) is 129 Å². The summed E-state index contributed by atoms with van der Waals surface area (Å²) in [6.45, 7) is 23.1. The molecule has 1 aromatic carbocycles. The molecule has 2 unspecified atom stereocenters. The van der Waals surface area contributed by atoms with Gasteiger partial charge in [0.05, 0.1) is 0 Å². The fourth-order valence-electron chi connectivity index (χ4n) is 4.87. The van der Waals surface area contributed by atoms with E-state index in [2.05, 4.69) is 87.4 Å². The van der Waals surface area contributed by atoms with E-state index in [4.69, 9.17) is 4.74 Å². The van der Waals surface area contributed by atoms with Gasteiger partial charge in [-0.15, -0.1) is 0 Å². The number of carbonyl (C=O) groups excluding carboxylic acids is 2. The van der Waals surface area contributed by atoms with E-state index in [1.165, 1.54) is 18.1 Å². The number of ether oxygens (including phenoxy) is 1. The Balaban J connectivity index is 2.78. The Bertz CT molecular complexity index is 928. The van der Waals surface area contributed by atoms with Gasteiger partial charge < -0.3 is 4.74 Å². The highest BCUT2D eigenvalue weighted by Gasteiger charge is 2.35. The number of benzene rings is 1. The highest BCUT2D eigenvalue weighted by atomic mass is 16.5. The number of carbonyl (C=O) groups is 2. The molecule has 0 fully saturated rings. The van der Waals surface area contributed by atoms with Crippen LogP contribution in [0.4, 0.5) is 0 Å². The monoisotopic (exact) mass is 466 g/mol. The van der Waals surface area contributed by atoms with Gasteiger partial charge in [0.15, 0.2) is 6.10 Å². The molecule has 34 heavy (non-hydrogen) atoms. The minimum absolute atomic E-state index is 0.0987. The molecule has 0 saturated carbocycles. The second-order valence-electron chi connectivity index (χ2n) is 11.5. The summed E-state index contributed by atoms with van der Waals surface area (Å²) in [7, 11) is 0. The molecule has 0 amide bonds. The van der Waals surface area contributed by atoms with Crippen LogP contribution >= 0.6 is 0 Å². The quantitative estimate of drug-likeness (QED) is 0.343. The van der Waals surface area contributed by atoms with Crippen LogP contribution in [0.15, 0.2) is 35.4 Å². The van der Waals surface area contributed by atoms with Gasteiger partial charge in [0.2, 0.25) is 5.78 Å². The van der Waals surface area contributed by atoms with Crippen molar-refractivity contribution in [2.75, 3.05) is 0 Å². The van der Waals surface area contributed by atoms with Crippen LogP contribution in [0.5, 0.6) is 0 Å². The molecule has 0 aromatic heterocycles. The van der Waals surface area contributed by atoms with Gasteiger partial charge in [-0.05, 0) is 58.6 Å². The Morgan fingerprint density at radius 2 is 1.35 bits per heavy atom. The number of hydrogen-bond acceptors (Lipinski definition) is 3. The first-order chi connectivity index (χ1) is 15.8. The van der Waals surface area contributed by atoms with Crippen LogP contribution < -0.4 is 0 Å². The van der Waals surface area contributed by atoms with Gasteiger partial charge in [-0.1, -0.05) is 99.1 Å². The van der Waals surface area contributed by atoms with Gasteiger partial charge >= 0.3 is 5.97 Å². The maximum Gasteiger partial charge on any atom is 0.303 e. The van der Waals surface area contributed by atoms with Crippen molar-refractivity contribution in [1.29, 1.82) is 0 Å². The molecule has 0 spiro atoms. The maximum atomic E-state index is 14.2. The third-order valence-electron chi connectivity index (χ3n) is 7.09. The van der Waals surface area contributed by atoms with Crippen molar-refractivity contribution in [3.8, 4) is 0 Å². The summed E-state index contributed by atoms with van der Waals surface area (Å²) in [5.74, 6) is 1.42. The summed E-state index contributed by atoms with van der Waals surface area (Å²) >= 11 is 0. The molecular weight excluding hydrogens is 420 g/mol. The molecule has 1 aliphatic carbocycles. The van der Waals surface area contributed by atoms with Gasteiger partial charge in [-0.25, -0.2) is 0 Å². The van der Waals surface area contributed by atoms with Crippen LogP contribution in [-0.2, 0) is 14.3 Å². The van der Waals surface area contributed by atoms with Gasteiger partial charge in [-0.3, -0.25) is 9.59 Å². The summed E-state index contributed by atoms with van der Waals surface area (Å²) in [5.41, 5.74) is 6.21. The number of hydrogen-bond donors (Lipinski definition) is 0. The van der Waals surface area contributed by atoms with Crippen molar-refractivity contribution in [1.82, 2.24) is 0 Å². The molecule has 188 valence electrons. The van der Waals surface area contributed by atoms with Crippen molar-refractivity contribution in [2.45, 2.75) is 106 Å². The molecule has 0 bridgehead atoms. The first kappa shape index (κ1) is 28.1. The van der Waals surface area contributed by atoms with Crippen LogP contribution in [0, 0.1) is 17.8 Å². The van der Waals surface area contributed by atoms with E-state index in [0.29, 0.717) is 17.8 Å². The minimum atomic E-state index is -0.933. The van der Waals surface area contributed by atoms with E-state index in [1.54, 1.807) is 0 Å². The molecule has 0 heterocycles. The van der Waals surface area contributed by atoms with Crippen LogP contribution in [0.3, 0.4) is 0 Å². The average molecular weight is 467 g/mol. The summed E-state index contributed by atoms with van der Waals surface area (Å²) in [6, 6.07) is 4.42. The second-order valence-corrected chi connectivity index (χ2v) is 11.5. The molecule has 0 N–H and O–H groups in total. The van der Waals surface area contributed by atoms with E-state index in [-0.39, 0.29) is 23.5 Å².